The zero-order valence-corrected chi connectivity index (χ0v) is 19.0. The fraction of sp³-hybridized carbons (Fsp3) is 0.250. The molecule has 190 valence electrons. The van der Waals surface area contributed by atoms with Crippen LogP contribution in [-0.2, 0) is 20.9 Å². The first kappa shape index (κ1) is 26.4. The Hall–Kier alpha value is -4.19. The first-order chi connectivity index (χ1) is 17.2. The lowest BCUT2D eigenvalue weighted by molar-refractivity contribution is -0.122. The van der Waals surface area contributed by atoms with Crippen LogP contribution in [0.3, 0.4) is 0 Å². The van der Waals surface area contributed by atoms with Gasteiger partial charge in [0.25, 0.3) is 0 Å². The molecule has 9 nitrogen and oxygen atoms in total. The van der Waals surface area contributed by atoms with Gasteiger partial charge in [0.05, 0.1) is 12.6 Å². The molecule has 0 radical (unpaired) electrons. The third kappa shape index (κ3) is 7.94. The number of halogens is 3. The summed E-state index contributed by atoms with van der Waals surface area (Å²) < 4.78 is 45.6. The predicted octanol–water partition coefficient (Wildman–Crippen LogP) is 2.74. The number of ether oxygens (including phenoxy) is 1. The summed E-state index contributed by atoms with van der Waals surface area (Å²) in [6.45, 7) is -0.622. The highest BCUT2D eigenvalue weighted by molar-refractivity contribution is 5.89. The van der Waals surface area contributed by atoms with E-state index in [1.54, 1.807) is 6.07 Å². The second-order valence-electron chi connectivity index (χ2n) is 7.87. The summed E-state index contributed by atoms with van der Waals surface area (Å²) in [6, 6.07) is 8.58. The number of nitrogens with zero attached hydrogens (tertiary/aromatic N) is 1. The van der Waals surface area contributed by atoms with E-state index < -0.39 is 41.4 Å². The van der Waals surface area contributed by atoms with Crippen molar-refractivity contribution in [3.05, 3.63) is 71.7 Å². The number of benzene rings is 2. The molecule has 0 fully saturated rings. The van der Waals surface area contributed by atoms with Gasteiger partial charge >= 0.3 is 6.09 Å². The summed E-state index contributed by atoms with van der Waals surface area (Å²) in [6.07, 6.45) is 0.607. The van der Waals surface area contributed by atoms with Gasteiger partial charge in [-0.2, -0.15) is 0 Å². The number of carbonyl (C=O) groups excluding carboxylic acids is 3. The molecule has 12 heteroatoms. The number of hydrogen-bond acceptors (Lipinski definition) is 6. The topological polar surface area (TPSA) is 135 Å². The molecule has 2 aromatic carbocycles. The zero-order valence-electron chi connectivity index (χ0n) is 19.0. The van der Waals surface area contributed by atoms with Crippen molar-refractivity contribution in [1.29, 1.82) is 0 Å². The second-order valence-corrected chi connectivity index (χ2v) is 7.87. The third-order valence-electron chi connectivity index (χ3n) is 5.07. The van der Waals surface area contributed by atoms with Crippen LogP contribution in [0, 0.1) is 17.5 Å². The van der Waals surface area contributed by atoms with Crippen molar-refractivity contribution in [2.45, 2.75) is 25.4 Å². The maximum Gasteiger partial charge on any atom is 0.412 e. The van der Waals surface area contributed by atoms with E-state index in [9.17, 15) is 27.6 Å². The molecule has 0 spiro atoms. The number of nitrogens with two attached hydrogens (primary N) is 1. The molecule has 3 amide bonds. The Labute approximate surface area is 204 Å². The van der Waals surface area contributed by atoms with Gasteiger partial charge in [-0.15, -0.1) is 0 Å². The number of nitrogens with one attached hydrogen (secondary N) is 3. The first-order valence-corrected chi connectivity index (χ1v) is 10.9. The Balaban J connectivity index is 1.50. The number of pyridine rings is 1. The molecule has 0 aliphatic carbocycles. The first-order valence-electron chi connectivity index (χ1n) is 10.9. The Morgan fingerprint density at radius 3 is 2.64 bits per heavy atom. The quantitative estimate of drug-likeness (QED) is 0.318. The van der Waals surface area contributed by atoms with Gasteiger partial charge in [-0.25, -0.2) is 22.9 Å². The van der Waals surface area contributed by atoms with E-state index in [0.717, 1.165) is 6.07 Å². The Bertz CT molecular complexity index is 1260. The molecule has 1 aromatic heterocycles. The Morgan fingerprint density at radius 1 is 1.06 bits per heavy atom. The van der Waals surface area contributed by atoms with Gasteiger partial charge in [-0.3, -0.25) is 14.9 Å². The summed E-state index contributed by atoms with van der Waals surface area (Å²) >= 11 is 0. The number of anilines is 1. The molecule has 0 aliphatic rings. The molecular formula is C24H24F3N5O4. The number of primary amides is 1. The van der Waals surface area contributed by atoms with Crippen LogP contribution in [0.5, 0.6) is 0 Å². The van der Waals surface area contributed by atoms with Gasteiger partial charge in [0, 0.05) is 30.1 Å². The van der Waals surface area contributed by atoms with Crippen molar-refractivity contribution in [3.8, 4) is 0 Å². The highest BCUT2D eigenvalue weighted by atomic mass is 19.2. The van der Waals surface area contributed by atoms with E-state index in [4.69, 9.17) is 10.5 Å². The third-order valence-corrected chi connectivity index (χ3v) is 5.07. The van der Waals surface area contributed by atoms with Gasteiger partial charge in [0.1, 0.15) is 18.2 Å². The molecule has 36 heavy (non-hydrogen) atoms. The zero-order chi connectivity index (χ0) is 26.1. The van der Waals surface area contributed by atoms with Crippen molar-refractivity contribution in [3.63, 3.8) is 0 Å². The van der Waals surface area contributed by atoms with Gasteiger partial charge in [-0.05, 0) is 42.1 Å². The molecule has 1 heterocycles. The molecule has 0 saturated heterocycles. The normalized spacial score (nSPS) is 11.6. The monoisotopic (exact) mass is 503 g/mol. The number of fused-ring (bicyclic) bond motifs is 1. The van der Waals surface area contributed by atoms with Gasteiger partial charge in [-0.1, -0.05) is 12.1 Å². The lowest BCUT2D eigenvalue weighted by Gasteiger charge is -2.18. The highest BCUT2D eigenvalue weighted by Crippen LogP contribution is 2.18. The predicted molar refractivity (Wildman–Crippen MR) is 125 cm³/mol. The van der Waals surface area contributed by atoms with Crippen molar-refractivity contribution in [1.82, 2.24) is 15.6 Å². The summed E-state index contributed by atoms with van der Waals surface area (Å²) in [5.41, 5.74) is 5.23. The van der Waals surface area contributed by atoms with E-state index in [1.165, 1.54) is 36.5 Å². The van der Waals surface area contributed by atoms with Gasteiger partial charge < -0.3 is 21.1 Å². The number of amides is 3. The molecule has 0 aliphatic heterocycles. The fourth-order valence-electron chi connectivity index (χ4n) is 3.29. The van der Waals surface area contributed by atoms with E-state index in [-0.39, 0.29) is 43.9 Å². The molecule has 3 rings (SSSR count). The molecule has 3 aromatic rings. The van der Waals surface area contributed by atoms with Crippen LogP contribution < -0.4 is 21.7 Å². The van der Waals surface area contributed by atoms with Crippen molar-refractivity contribution in [2.75, 3.05) is 18.5 Å². The summed E-state index contributed by atoms with van der Waals surface area (Å²) in [5.74, 6) is -3.44. The molecule has 0 bridgehead atoms. The van der Waals surface area contributed by atoms with Gasteiger partial charge in [0.15, 0.2) is 11.6 Å². The minimum atomic E-state index is -1.00. The minimum Gasteiger partial charge on any atom is -0.447 e. The Kier molecular flexibility index (Phi) is 9.17. The number of carbonyl (C=O) groups is 3. The van der Waals surface area contributed by atoms with Crippen LogP contribution in [-0.4, -0.2) is 42.1 Å². The smallest absolute Gasteiger partial charge is 0.412 e. The summed E-state index contributed by atoms with van der Waals surface area (Å²) in [7, 11) is 0. The lowest BCUT2D eigenvalue weighted by Crippen LogP contribution is -2.43. The van der Waals surface area contributed by atoms with E-state index in [2.05, 4.69) is 20.9 Å². The van der Waals surface area contributed by atoms with Crippen molar-refractivity contribution < 1.29 is 32.3 Å². The highest BCUT2D eigenvalue weighted by Gasteiger charge is 2.17. The lowest BCUT2D eigenvalue weighted by atomic mass is 10.1. The fourth-order valence-corrected chi connectivity index (χ4v) is 3.29. The maximum absolute atomic E-state index is 13.7. The molecular weight excluding hydrogens is 479 g/mol. The van der Waals surface area contributed by atoms with Crippen molar-refractivity contribution >= 4 is 34.5 Å². The molecule has 0 saturated carbocycles. The molecule has 5 N–H and O–H groups in total. The van der Waals surface area contributed by atoms with Crippen LogP contribution in [0.2, 0.25) is 0 Å². The van der Waals surface area contributed by atoms with E-state index >= 15 is 0 Å². The van der Waals surface area contributed by atoms with Crippen LogP contribution >= 0.6 is 0 Å². The van der Waals surface area contributed by atoms with E-state index in [1.807, 2.05) is 0 Å². The number of aromatic nitrogens is 1. The standard InChI is InChI=1S/C24H24F3N5O4/c25-17-5-4-14-11-30-21(9-16(14)8-17)32-24(35)36-13-18(6-7-20(28)33)31-22(34)12-29-10-15-2-1-3-19(26)23(15)27/h1-5,8-9,11,18,29H,6-7,10,12-13H2,(H2,28,33)(H,31,34)(H,30,32,35)/t18-/m0/s1. The second kappa shape index (κ2) is 12.5. The van der Waals surface area contributed by atoms with E-state index in [0.29, 0.717) is 10.8 Å². The van der Waals surface area contributed by atoms with Crippen LogP contribution in [0.15, 0.2) is 48.7 Å². The number of rotatable bonds is 11. The van der Waals surface area contributed by atoms with Crippen LogP contribution in [0.1, 0.15) is 18.4 Å². The summed E-state index contributed by atoms with van der Waals surface area (Å²) in [4.78, 5) is 39.7. The summed E-state index contributed by atoms with van der Waals surface area (Å²) in [5, 5.41) is 8.90. The van der Waals surface area contributed by atoms with Crippen molar-refractivity contribution in [2.24, 2.45) is 5.73 Å². The molecule has 1 atom stereocenters. The maximum atomic E-state index is 13.7. The Morgan fingerprint density at radius 2 is 1.86 bits per heavy atom. The minimum absolute atomic E-state index is 0.0538. The van der Waals surface area contributed by atoms with Gasteiger partial charge in [0.2, 0.25) is 11.8 Å². The number of hydrogen-bond donors (Lipinski definition) is 4. The largest absolute Gasteiger partial charge is 0.447 e. The molecule has 0 unspecified atom stereocenters. The van der Waals surface area contributed by atoms with Crippen LogP contribution in [0.25, 0.3) is 10.8 Å². The SMILES string of the molecule is NC(=O)CC[C@@H](COC(=O)Nc1cc2cc(F)ccc2cn1)NC(=O)CNCc1cccc(F)c1F. The van der Waals surface area contributed by atoms with Crippen LogP contribution in [0.4, 0.5) is 23.8 Å². The average Bonchev–Trinajstić information content (AvgIpc) is 2.83. The average molecular weight is 503 g/mol.